The average Bonchev–Trinajstić information content (AvgIpc) is 2.83. The molecule has 2 saturated heterocycles. The summed E-state index contributed by atoms with van der Waals surface area (Å²) in [6.45, 7) is 31.1. The fourth-order valence-corrected chi connectivity index (χ4v) is 11.6. The topological polar surface area (TPSA) is 259 Å². The minimum absolute atomic E-state index is 0.0967. The number of hydrogen-bond donors (Lipinski definition) is 4. The minimum Gasteiger partial charge on any atom is -0.345 e. The van der Waals surface area contributed by atoms with Gasteiger partial charge in [-0.05, 0) is 100 Å². The molecule has 0 unspecified atom stereocenters. The van der Waals surface area contributed by atoms with Gasteiger partial charge in [-0.3, -0.25) is 52.7 Å². The first kappa shape index (κ1) is 74.4. The van der Waals surface area contributed by atoms with Crippen LogP contribution in [0.25, 0.3) is 0 Å². The summed E-state index contributed by atoms with van der Waals surface area (Å²) in [5.41, 5.74) is 0. The number of hydrogen-bond acceptors (Lipinski definition) is 12. The van der Waals surface area contributed by atoms with Gasteiger partial charge in [-0.25, -0.2) is 0 Å². The fourth-order valence-electron chi connectivity index (χ4n) is 11.6. The summed E-state index contributed by atoms with van der Waals surface area (Å²) < 4.78 is 0. The molecule has 0 aromatic carbocycles. The van der Waals surface area contributed by atoms with Crippen LogP contribution < -0.4 is 21.3 Å². The summed E-state index contributed by atoms with van der Waals surface area (Å²) >= 11 is 0. The van der Waals surface area contributed by atoms with Crippen LogP contribution in [0.3, 0.4) is 0 Å². The van der Waals surface area contributed by atoms with Crippen molar-refractivity contribution in [1.82, 2.24) is 55.6 Å². The van der Waals surface area contributed by atoms with Crippen molar-refractivity contribution >= 4 is 64.9 Å². The van der Waals surface area contributed by atoms with Gasteiger partial charge in [0.1, 0.15) is 54.4 Å². The number of rotatable bonds is 12. The van der Waals surface area contributed by atoms with Gasteiger partial charge < -0.3 is 55.6 Å². The molecule has 0 aliphatic carbocycles. The van der Waals surface area contributed by atoms with E-state index in [0.717, 1.165) is 0 Å². The predicted molar refractivity (Wildman–Crippen MR) is 325 cm³/mol. The third-order valence-electron chi connectivity index (χ3n) is 17.1. The van der Waals surface area contributed by atoms with E-state index in [4.69, 9.17) is 0 Å². The average molecular weight is 1190 g/mol. The lowest BCUT2D eigenvalue weighted by atomic mass is 9.92. The molecule has 0 aromatic heterocycles. The third-order valence-corrected chi connectivity index (χ3v) is 17.1. The van der Waals surface area contributed by atoms with Crippen molar-refractivity contribution in [3.05, 3.63) is 0 Å². The molecule has 2 fully saturated rings. The maximum absolute atomic E-state index is 15.2. The molecule has 2 aliphatic heterocycles. The van der Waals surface area contributed by atoms with Crippen molar-refractivity contribution < 1.29 is 52.7 Å². The van der Waals surface area contributed by atoms with E-state index in [-0.39, 0.29) is 68.1 Å². The highest BCUT2D eigenvalue weighted by molar-refractivity contribution is 6.00. The fraction of sp³-hybridized carbons (Fsp3) is 0.823. The zero-order valence-electron chi connectivity index (χ0n) is 55.7. The molecule has 2 heterocycles. The van der Waals surface area contributed by atoms with E-state index in [2.05, 4.69) is 21.3 Å². The van der Waals surface area contributed by atoms with E-state index in [1.807, 2.05) is 62.3 Å². The zero-order valence-corrected chi connectivity index (χ0v) is 55.7. The van der Waals surface area contributed by atoms with Gasteiger partial charge in [0.2, 0.25) is 59.1 Å². The van der Waals surface area contributed by atoms with Crippen LogP contribution in [0.4, 0.5) is 0 Å². The SMILES string of the molecule is CC[C@H]1NC(=O)[C@H]([C@H]2NCC[C@H]2C)N(C)C(=O)[C@@H](C(C)C)N(C)C(=O)[C@@H](CC(C)C)N(C)C(=O)[C@H](CC(C)C)N(C)C(=O)[C@H](C)CC(=O)[C@@H](C)NC(=O)[C@@H](CC(C)C)N(C)C(=O)[C@@H](C(C)C)NC(=O)[C@H](CC(C)C)N(C)C(=O)[C@@H](C)N(C)C1=O. The van der Waals surface area contributed by atoms with Crippen molar-refractivity contribution in [2.75, 3.05) is 55.9 Å². The van der Waals surface area contributed by atoms with E-state index in [1.165, 1.54) is 97.5 Å². The standard InChI is InChI=1S/C62H111N11O11/c1-25-43-58(80)67(18)42(17)57(79)68(19)45(29-34(4)5)54(76)66-49(37(10)11)61(83)69(20)44(28-33(2)3)53(75)64-41(16)48(74)32-40(15)56(78)70(21)46(30-35(6)7)59(81)71(22)47(31-36(8)9)60(82)72(23)51(38(12)13)62(84)73(24)52(55(77)65-43)50-39(14)26-27-63-50/h33-47,49-52,63H,25-32H2,1-24H3,(H,64,75)(H,65,77)(H,66,76)/t39-,40-,41-,42-,43-,44-,45+,46+,47-,49-,50+,51-,52+/m1/s1. The maximum atomic E-state index is 15.2. The van der Waals surface area contributed by atoms with Gasteiger partial charge in [0.15, 0.2) is 5.78 Å². The van der Waals surface area contributed by atoms with E-state index in [1.54, 1.807) is 41.5 Å². The smallest absolute Gasteiger partial charge is 0.246 e. The van der Waals surface area contributed by atoms with Crippen molar-refractivity contribution in [3.63, 3.8) is 0 Å². The lowest BCUT2D eigenvalue weighted by Crippen LogP contribution is -2.64. The Bertz CT molecular complexity index is 2310. The normalized spacial score (nSPS) is 29.9. The highest BCUT2D eigenvalue weighted by Crippen LogP contribution is 2.27. The van der Waals surface area contributed by atoms with E-state index < -0.39 is 149 Å². The Morgan fingerprint density at radius 3 is 1.30 bits per heavy atom. The van der Waals surface area contributed by atoms with Gasteiger partial charge in [-0.1, -0.05) is 104 Å². The van der Waals surface area contributed by atoms with Gasteiger partial charge in [0.25, 0.3) is 0 Å². The van der Waals surface area contributed by atoms with E-state index in [0.29, 0.717) is 13.0 Å². The first-order chi connectivity index (χ1) is 38.8. The second-order valence-corrected chi connectivity index (χ2v) is 26.8. The monoisotopic (exact) mass is 1190 g/mol. The lowest BCUT2D eigenvalue weighted by molar-refractivity contribution is -0.156. The number of ketones is 1. The molecule has 0 spiro atoms. The Morgan fingerprint density at radius 2 is 0.869 bits per heavy atom. The molecule has 0 saturated carbocycles. The summed E-state index contributed by atoms with van der Waals surface area (Å²) in [6.07, 6.45) is 1.28. The summed E-state index contributed by atoms with van der Waals surface area (Å²) in [5.74, 6) is -8.69. The Balaban J connectivity index is 2.95. The number of amides is 10. The molecule has 10 amide bonds. The van der Waals surface area contributed by atoms with Crippen molar-refractivity contribution in [1.29, 1.82) is 0 Å². The number of carbonyl (C=O) groups is 11. The molecular weight excluding hydrogens is 1070 g/mol. The second-order valence-electron chi connectivity index (χ2n) is 26.8. The van der Waals surface area contributed by atoms with Crippen LogP contribution >= 0.6 is 0 Å². The number of likely N-dealkylation sites (N-methyl/N-ethyl adjacent to an activating group) is 7. The number of nitrogens with zero attached hydrogens (tertiary/aromatic N) is 7. The summed E-state index contributed by atoms with van der Waals surface area (Å²) in [6, 6.07) is -11.8. The molecule has 4 N–H and O–H groups in total. The molecule has 0 bridgehead atoms. The quantitative estimate of drug-likeness (QED) is 0.218. The van der Waals surface area contributed by atoms with Crippen LogP contribution in [-0.4, -0.2) is 221 Å². The first-order valence-electron chi connectivity index (χ1n) is 30.8. The van der Waals surface area contributed by atoms with Crippen LogP contribution in [0.15, 0.2) is 0 Å². The number of nitrogens with one attached hydrogen (secondary N) is 4. The number of carbonyl (C=O) groups excluding carboxylic acids is 11. The van der Waals surface area contributed by atoms with Gasteiger partial charge >= 0.3 is 0 Å². The minimum atomic E-state index is -1.17. The molecule has 0 radical (unpaired) electrons. The van der Waals surface area contributed by atoms with Crippen LogP contribution in [-0.2, 0) is 52.7 Å². The number of Topliss-reactive ketones (excluding diaryl/α,β-unsaturated/α-hetero) is 1. The van der Waals surface area contributed by atoms with Crippen LogP contribution in [0.5, 0.6) is 0 Å². The molecule has 13 atom stereocenters. The van der Waals surface area contributed by atoms with E-state index >= 15 is 9.59 Å². The Hall–Kier alpha value is -5.67. The van der Waals surface area contributed by atoms with Crippen LogP contribution in [0.2, 0.25) is 0 Å². The Morgan fingerprint density at radius 1 is 0.440 bits per heavy atom. The lowest BCUT2D eigenvalue weighted by Gasteiger charge is -2.42. The molecule has 22 nitrogen and oxygen atoms in total. The van der Waals surface area contributed by atoms with Gasteiger partial charge in [0, 0.05) is 67.7 Å². The van der Waals surface area contributed by atoms with Crippen molar-refractivity contribution in [2.45, 2.75) is 229 Å². The second kappa shape index (κ2) is 32.7. The maximum Gasteiger partial charge on any atom is 0.246 e. The van der Waals surface area contributed by atoms with E-state index in [9.17, 15) is 43.2 Å². The molecule has 2 aliphatic rings. The zero-order chi connectivity index (χ0) is 64.8. The highest BCUT2D eigenvalue weighted by atomic mass is 16.2. The first-order valence-corrected chi connectivity index (χ1v) is 30.8. The highest BCUT2D eigenvalue weighted by Gasteiger charge is 2.47. The molecule has 84 heavy (non-hydrogen) atoms. The van der Waals surface area contributed by atoms with Crippen LogP contribution in [0.1, 0.15) is 163 Å². The van der Waals surface area contributed by atoms with Gasteiger partial charge in [0.05, 0.1) is 6.04 Å². The van der Waals surface area contributed by atoms with Gasteiger partial charge in [-0.2, -0.15) is 0 Å². The Labute approximate surface area is 503 Å². The molecule has 480 valence electrons. The van der Waals surface area contributed by atoms with Crippen LogP contribution in [0, 0.1) is 47.3 Å². The molecule has 22 heteroatoms. The summed E-state index contributed by atoms with van der Waals surface area (Å²) in [4.78, 5) is 170. The Kier molecular flexibility index (Phi) is 29.0. The molecular formula is C62H111N11O11. The molecule has 0 aromatic rings. The summed E-state index contributed by atoms with van der Waals surface area (Å²) in [5, 5.41) is 12.0. The summed E-state index contributed by atoms with van der Waals surface area (Å²) in [7, 11) is 10.4. The van der Waals surface area contributed by atoms with Crippen molar-refractivity contribution in [2.24, 2.45) is 47.3 Å². The van der Waals surface area contributed by atoms with Crippen molar-refractivity contribution in [3.8, 4) is 0 Å². The van der Waals surface area contributed by atoms with Gasteiger partial charge in [-0.15, -0.1) is 0 Å². The third kappa shape index (κ3) is 19.2. The molecule has 2 rings (SSSR count). The largest absolute Gasteiger partial charge is 0.345 e. The predicted octanol–water partition coefficient (Wildman–Crippen LogP) is 3.78.